The van der Waals surface area contributed by atoms with E-state index in [1.165, 1.54) is 0 Å². The highest BCUT2D eigenvalue weighted by Crippen LogP contribution is 2.25. The first kappa shape index (κ1) is 19.1. The van der Waals surface area contributed by atoms with Crippen molar-refractivity contribution in [2.24, 2.45) is 0 Å². The maximum atomic E-state index is 13.1. The maximum Gasteiger partial charge on any atom is 0.287 e. The van der Waals surface area contributed by atoms with Gasteiger partial charge in [-0.2, -0.15) is 0 Å². The van der Waals surface area contributed by atoms with Crippen LogP contribution in [0.2, 0.25) is 0 Å². The number of rotatable bonds is 3. The molecule has 29 heavy (non-hydrogen) atoms. The largest absolute Gasteiger partial charge is 0.345 e. The van der Waals surface area contributed by atoms with Gasteiger partial charge in [0.1, 0.15) is 0 Å². The third kappa shape index (κ3) is 3.85. The van der Waals surface area contributed by atoms with Gasteiger partial charge in [-0.1, -0.05) is 18.2 Å². The normalized spacial score (nSPS) is 13.8. The van der Waals surface area contributed by atoms with Gasteiger partial charge in [0.05, 0.1) is 16.9 Å². The number of amides is 2. The lowest BCUT2D eigenvalue weighted by Crippen LogP contribution is -2.42. The van der Waals surface area contributed by atoms with Crippen LogP contribution in [0.3, 0.4) is 0 Å². The predicted molar refractivity (Wildman–Crippen MR) is 112 cm³/mol. The molecule has 150 valence electrons. The summed E-state index contributed by atoms with van der Waals surface area (Å²) < 4.78 is 1.89. The molecule has 7 heteroatoms. The molecule has 2 amide bonds. The van der Waals surface area contributed by atoms with Gasteiger partial charge in [-0.3, -0.25) is 14.6 Å². The second-order valence-corrected chi connectivity index (χ2v) is 8.38. The van der Waals surface area contributed by atoms with E-state index in [1.54, 1.807) is 6.20 Å². The van der Waals surface area contributed by atoms with Crippen LogP contribution in [0.5, 0.6) is 0 Å². The summed E-state index contributed by atoms with van der Waals surface area (Å²) in [6.45, 7) is 6.46. The molecule has 7 nitrogen and oxygen atoms in total. The van der Waals surface area contributed by atoms with Crippen molar-refractivity contribution in [2.45, 2.75) is 52.1 Å². The van der Waals surface area contributed by atoms with Crippen LogP contribution in [-0.2, 0) is 13.0 Å². The van der Waals surface area contributed by atoms with Crippen LogP contribution in [-0.4, -0.2) is 31.9 Å². The highest BCUT2D eigenvalue weighted by molar-refractivity contribution is 6.08. The van der Waals surface area contributed by atoms with E-state index in [0.29, 0.717) is 23.8 Å². The molecule has 2 aromatic heterocycles. The molecular weight excluding hydrogens is 366 g/mol. The molecule has 0 aliphatic carbocycles. The summed E-state index contributed by atoms with van der Waals surface area (Å²) in [6, 6.07) is 9.46. The number of para-hydroxylation sites is 1. The number of pyridine rings is 1. The molecule has 0 atom stereocenters. The molecule has 1 aromatic carbocycles. The third-order valence-electron chi connectivity index (χ3n) is 4.91. The number of hydrogen-bond donors (Lipinski definition) is 2. The summed E-state index contributed by atoms with van der Waals surface area (Å²) in [5.41, 5.74) is 2.11. The van der Waals surface area contributed by atoms with Gasteiger partial charge < -0.3 is 15.2 Å². The van der Waals surface area contributed by atoms with E-state index >= 15 is 0 Å². The monoisotopic (exact) mass is 391 g/mol. The summed E-state index contributed by atoms with van der Waals surface area (Å²) in [7, 11) is 0. The van der Waals surface area contributed by atoms with Crippen LogP contribution >= 0.6 is 0 Å². The Hall–Kier alpha value is -3.22. The van der Waals surface area contributed by atoms with Gasteiger partial charge in [0.15, 0.2) is 11.5 Å². The quantitative estimate of drug-likeness (QED) is 0.715. The SMILES string of the molecule is CC(C)(C)NC(=O)c1nc(C(=O)Nc2cccc3cccnc23)c2n1CCCC2. The number of carbonyl (C=O) groups excluding carboxylic acids is 2. The molecule has 3 heterocycles. The van der Waals surface area contributed by atoms with E-state index in [1.807, 2.05) is 55.7 Å². The molecule has 2 N–H and O–H groups in total. The molecule has 0 bridgehead atoms. The molecule has 4 rings (SSSR count). The van der Waals surface area contributed by atoms with Crippen molar-refractivity contribution in [2.75, 3.05) is 5.32 Å². The number of nitrogens with zero attached hydrogens (tertiary/aromatic N) is 3. The lowest BCUT2D eigenvalue weighted by Gasteiger charge is -2.22. The number of nitrogens with one attached hydrogen (secondary N) is 2. The minimum Gasteiger partial charge on any atom is -0.345 e. The van der Waals surface area contributed by atoms with Crippen molar-refractivity contribution >= 4 is 28.4 Å². The Morgan fingerprint density at radius 3 is 2.66 bits per heavy atom. The molecule has 0 unspecified atom stereocenters. The molecule has 0 fully saturated rings. The van der Waals surface area contributed by atoms with E-state index in [4.69, 9.17) is 0 Å². The van der Waals surface area contributed by atoms with Crippen molar-refractivity contribution in [3.63, 3.8) is 0 Å². The smallest absolute Gasteiger partial charge is 0.287 e. The van der Waals surface area contributed by atoms with Crippen LogP contribution < -0.4 is 10.6 Å². The first-order valence-corrected chi connectivity index (χ1v) is 9.90. The van der Waals surface area contributed by atoms with Crippen LogP contribution in [0.15, 0.2) is 36.5 Å². The lowest BCUT2D eigenvalue weighted by atomic mass is 10.1. The van der Waals surface area contributed by atoms with Crippen molar-refractivity contribution in [1.82, 2.24) is 19.9 Å². The average molecular weight is 391 g/mol. The Labute approximate surface area is 169 Å². The standard InChI is InChI=1S/C22H25N5O2/c1-22(2,3)26-21(29)19-25-18(16-11-4-5-13-27(16)19)20(28)24-15-10-6-8-14-9-7-12-23-17(14)15/h6-10,12H,4-5,11,13H2,1-3H3,(H,24,28)(H,26,29). The Kier molecular flexibility index (Phi) is 4.82. The second kappa shape index (κ2) is 7.31. The van der Waals surface area contributed by atoms with Gasteiger partial charge in [0.25, 0.3) is 11.8 Å². The van der Waals surface area contributed by atoms with Crippen LogP contribution in [0, 0.1) is 0 Å². The van der Waals surface area contributed by atoms with E-state index < -0.39 is 0 Å². The summed E-state index contributed by atoms with van der Waals surface area (Å²) in [4.78, 5) is 34.7. The first-order valence-electron chi connectivity index (χ1n) is 9.90. The fraction of sp³-hybridized carbons (Fsp3) is 0.364. The Morgan fingerprint density at radius 1 is 1.07 bits per heavy atom. The zero-order valence-corrected chi connectivity index (χ0v) is 17.0. The van der Waals surface area contributed by atoms with Crippen molar-refractivity contribution in [3.05, 3.63) is 53.7 Å². The van der Waals surface area contributed by atoms with Gasteiger partial charge in [-0.05, 0) is 52.2 Å². The topological polar surface area (TPSA) is 88.9 Å². The zero-order valence-electron chi connectivity index (χ0n) is 17.0. The Balaban J connectivity index is 1.69. The van der Waals surface area contributed by atoms with E-state index in [0.717, 1.165) is 35.9 Å². The number of hydrogen-bond acceptors (Lipinski definition) is 4. The highest BCUT2D eigenvalue weighted by Gasteiger charge is 2.29. The fourth-order valence-corrected chi connectivity index (χ4v) is 3.68. The van der Waals surface area contributed by atoms with E-state index in [2.05, 4.69) is 20.6 Å². The molecular formula is C22H25N5O2. The predicted octanol–water partition coefficient (Wildman–Crippen LogP) is 3.55. The van der Waals surface area contributed by atoms with Crippen LogP contribution in [0.4, 0.5) is 5.69 Å². The molecule has 0 spiro atoms. The number of carbonyl (C=O) groups is 2. The van der Waals surface area contributed by atoms with Crippen molar-refractivity contribution in [1.29, 1.82) is 0 Å². The summed E-state index contributed by atoms with van der Waals surface area (Å²) in [5.74, 6) is -0.272. The average Bonchev–Trinajstić information content (AvgIpc) is 3.07. The molecule has 1 aliphatic rings. The van der Waals surface area contributed by atoms with Crippen molar-refractivity contribution in [3.8, 4) is 0 Å². The Morgan fingerprint density at radius 2 is 1.86 bits per heavy atom. The summed E-state index contributed by atoms with van der Waals surface area (Å²) in [6.07, 6.45) is 4.37. The Bertz CT molecular complexity index is 1090. The number of imidazole rings is 1. The second-order valence-electron chi connectivity index (χ2n) is 8.38. The van der Waals surface area contributed by atoms with Gasteiger partial charge >= 0.3 is 0 Å². The summed E-state index contributed by atoms with van der Waals surface area (Å²) >= 11 is 0. The number of fused-ring (bicyclic) bond motifs is 2. The molecule has 0 saturated carbocycles. The molecule has 0 radical (unpaired) electrons. The van der Waals surface area contributed by atoms with Gasteiger partial charge in [0, 0.05) is 23.7 Å². The first-order chi connectivity index (χ1) is 13.8. The highest BCUT2D eigenvalue weighted by atomic mass is 16.2. The van der Waals surface area contributed by atoms with E-state index in [-0.39, 0.29) is 17.4 Å². The van der Waals surface area contributed by atoms with Gasteiger partial charge in [0.2, 0.25) is 0 Å². The minimum atomic E-state index is -0.380. The van der Waals surface area contributed by atoms with E-state index in [9.17, 15) is 9.59 Å². The summed E-state index contributed by atoms with van der Waals surface area (Å²) in [5, 5.41) is 6.84. The zero-order chi connectivity index (χ0) is 20.6. The molecule has 1 aliphatic heterocycles. The van der Waals surface area contributed by atoms with Crippen LogP contribution in [0.25, 0.3) is 10.9 Å². The fourth-order valence-electron chi connectivity index (χ4n) is 3.68. The van der Waals surface area contributed by atoms with Crippen LogP contribution in [0.1, 0.15) is 60.4 Å². The maximum absolute atomic E-state index is 13.1. The lowest BCUT2D eigenvalue weighted by molar-refractivity contribution is 0.0903. The third-order valence-corrected chi connectivity index (χ3v) is 4.91. The molecule has 3 aromatic rings. The van der Waals surface area contributed by atoms with Crippen molar-refractivity contribution < 1.29 is 9.59 Å². The number of benzene rings is 1. The number of anilines is 1. The number of aromatic nitrogens is 3. The van der Waals surface area contributed by atoms with Gasteiger partial charge in [-0.15, -0.1) is 0 Å². The van der Waals surface area contributed by atoms with Gasteiger partial charge in [-0.25, -0.2) is 4.98 Å². The molecule has 0 saturated heterocycles. The minimum absolute atomic E-state index is 0.258.